The van der Waals surface area contributed by atoms with Gasteiger partial charge in [0.25, 0.3) is 0 Å². The van der Waals surface area contributed by atoms with Gasteiger partial charge < -0.3 is 59.2 Å². The number of thiophene rings is 1. The standard InChI is InChI=1S/C15H22N2.C15H24N2.C14H22N2.C13H22N4.C13H22N2S.C12H20N4.C11H18N4.C10H16N4/c1-13-3-5-14(6-4-13)16-9-2-10-17(12-11-16)15-7-8-15;1-13(2)16-9-4-10-17(12-11-16)15-7-5-14(3)6-8-15;1-3-15-9-4-10-16(12-11-15)14-7-5-13(2)6-8-14;1-4-16(5-2)12-6-7-17(10-12)13-9-14-11(3)8-15-13;1-11(2)14-7-4-8-15(10-9-14)13-6-5-12(3)16-13;1-3-15-5-4-6-16(8-7-15)12-10-13-11(2)9-14-12;1-9-6-13-11(7-12-9)15-5-4-10(8-15)14(2)3;1-8-5-13-10(6-12-8)14-4-3-9(7-14)11-2/h3-6,15H,2,7-12H2,1H3;5-8,13H,4,9-12H2,1-3H3;5-8H,3-4,9-12H2,1-2H3;8-9,12H,4-7,10H2,1-3H3;5-6,11H,4,7-10H2,1-3H3;9-10H,3-8H2,1-2H3;6-7,10H,4-5,8H2,1-3H3;5-6,9,11H,3-4,7H2,1-2H3. The van der Waals surface area contributed by atoms with Crippen LogP contribution < -0.4 is 44.5 Å². The van der Waals surface area contributed by atoms with Gasteiger partial charge in [-0.3, -0.25) is 39.5 Å². The fourth-order valence-electron chi connectivity index (χ4n) is 18.1. The van der Waals surface area contributed by atoms with Gasteiger partial charge in [0.15, 0.2) is 0 Å². The van der Waals surface area contributed by atoms with Crippen molar-refractivity contribution in [1.82, 2.24) is 79.5 Å². The SMILES string of the molecule is CCN(CC)C1CCN(c2cnc(C)cn2)C1.CCN1CCCN(c2ccc(C)cc2)CC1.CCN1CCCN(c2cnc(C)cn2)CC1.CNC1CCN(c2cnc(C)cn2)C1.Cc1ccc(N2CCCN(C(C)C)CC2)cc1.Cc1ccc(N2CCCN(C(C)C)CC2)s1.Cc1ccc(N2CCCN(C3CC3)CC2)cc1.Cc1cnc(N2CCC(N(C)C)C2)cn1. The van der Waals surface area contributed by atoms with Crippen LogP contribution in [0.15, 0.2) is 135 Å². The predicted molar refractivity (Wildman–Crippen MR) is 544 cm³/mol. The van der Waals surface area contributed by atoms with Gasteiger partial charge in [-0.05, 0) is 256 Å². The lowest BCUT2D eigenvalue weighted by Gasteiger charge is -2.26. The summed E-state index contributed by atoms with van der Waals surface area (Å²) in [5, 5.41) is 4.73. The summed E-state index contributed by atoms with van der Waals surface area (Å²) in [6.45, 7) is 69.5. The number of hydrogen-bond donors (Lipinski definition) is 1. The molecule has 704 valence electrons. The number of aryl methyl sites for hydroxylation is 8. The smallest absolute Gasteiger partial charge is 0.147 e. The highest BCUT2D eigenvalue weighted by Gasteiger charge is 2.32. The molecule has 9 fully saturated rings. The Morgan fingerprint density at radius 1 is 0.344 bits per heavy atom. The van der Waals surface area contributed by atoms with Crippen molar-refractivity contribution in [2.45, 2.75) is 211 Å². The van der Waals surface area contributed by atoms with Gasteiger partial charge >= 0.3 is 0 Å². The van der Waals surface area contributed by atoms with Gasteiger partial charge in [0, 0.05) is 215 Å². The molecule has 1 aliphatic carbocycles. The molecule has 5 aromatic heterocycles. The maximum atomic E-state index is 4.45. The predicted octanol–water partition coefficient (Wildman–Crippen LogP) is 15.6. The molecule has 17 rings (SSSR count). The summed E-state index contributed by atoms with van der Waals surface area (Å²) in [7, 11) is 6.28. The molecule has 3 unspecified atom stereocenters. The van der Waals surface area contributed by atoms with E-state index in [9.17, 15) is 0 Å². The quantitative estimate of drug-likeness (QED) is 0.0862. The van der Waals surface area contributed by atoms with Crippen molar-refractivity contribution in [3.63, 3.8) is 0 Å². The van der Waals surface area contributed by atoms with Crippen molar-refractivity contribution in [1.29, 1.82) is 0 Å². The Bertz CT molecular complexity index is 4170. The number of nitrogens with one attached hydrogen (secondary N) is 1. The van der Waals surface area contributed by atoms with Crippen LogP contribution in [0.25, 0.3) is 0 Å². The van der Waals surface area contributed by atoms with Gasteiger partial charge in [-0.15, -0.1) is 11.3 Å². The number of nitrogens with zero attached hydrogens (tertiary/aromatic N) is 23. The molecule has 1 N–H and O–H groups in total. The Morgan fingerprint density at radius 2 is 0.711 bits per heavy atom. The third kappa shape index (κ3) is 33.9. The number of aromatic nitrogens is 8. The van der Waals surface area contributed by atoms with Gasteiger partial charge in [0.05, 0.1) is 77.4 Å². The van der Waals surface area contributed by atoms with E-state index in [-0.39, 0.29) is 0 Å². The molecule has 8 aromatic rings. The average Bonchev–Trinajstić information content (AvgIpc) is 1.64. The number of hydrogen-bond acceptors (Lipinski definition) is 25. The van der Waals surface area contributed by atoms with E-state index < -0.39 is 0 Å². The van der Waals surface area contributed by atoms with E-state index in [0.717, 1.165) is 144 Å². The van der Waals surface area contributed by atoms with Crippen LogP contribution in [-0.2, 0) is 0 Å². The van der Waals surface area contributed by atoms with Crippen LogP contribution in [0.5, 0.6) is 0 Å². The molecule has 0 amide bonds. The highest BCUT2D eigenvalue weighted by atomic mass is 32.1. The van der Waals surface area contributed by atoms with E-state index in [1.165, 1.54) is 213 Å². The van der Waals surface area contributed by atoms with Crippen LogP contribution >= 0.6 is 11.3 Å². The summed E-state index contributed by atoms with van der Waals surface area (Å²) >= 11 is 1.92. The molecule has 0 spiro atoms. The monoisotopic (exact) mass is 1770 g/mol. The Kier molecular flexibility index (Phi) is 42.9. The van der Waals surface area contributed by atoms with Crippen molar-refractivity contribution < 1.29 is 0 Å². The van der Waals surface area contributed by atoms with E-state index in [2.05, 4.69) is 301 Å². The molecule has 3 atom stereocenters. The number of benzene rings is 3. The topological polar surface area (TPSA) is 164 Å². The van der Waals surface area contributed by atoms with Crippen molar-refractivity contribution in [3.8, 4) is 0 Å². The molecule has 8 saturated heterocycles. The van der Waals surface area contributed by atoms with E-state index in [1.54, 1.807) is 0 Å². The second kappa shape index (κ2) is 53.9. The van der Waals surface area contributed by atoms with E-state index in [0.29, 0.717) is 30.2 Å². The summed E-state index contributed by atoms with van der Waals surface area (Å²) in [5.74, 6) is 4.03. The third-order valence-corrected chi connectivity index (χ3v) is 27.8. The molecule has 0 bridgehead atoms. The molecule has 9 aliphatic rings. The molecule has 128 heavy (non-hydrogen) atoms. The highest BCUT2D eigenvalue weighted by Crippen LogP contribution is 2.31. The number of rotatable bonds is 18. The summed E-state index contributed by atoms with van der Waals surface area (Å²) in [5.41, 5.74) is 12.1. The lowest BCUT2D eigenvalue weighted by atomic mass is 10.2. The van der Waals surface area contributed by atoms with Crippen LogP contribution in [0.4, 0.5) is 45.3 Å². The normalized spacial score (nSPS) is 20.0. The molecule has 0 radical (unpaired) electrons. The van der Waals surface area contributed by atoms with Crippen LogP contribution in [0.2, 0.25) is 0 Å². The molecular formula is C103H166N24S. The second-order valence-electron chi connectivity index (χ2n) is 37.2. The molecule has 25 heteroatoms. The largest absolute Gasteiger partial charge is 0.370 e. The first-order chi connectivity index (χ1) is 61.9. The Morgan fingerprint density at radius 3 is 1.09 bits per heavy atom. The van der Waals surface area contributed by atoms with Crippen molar-refractivity contribution in [2.75, 3.05) is 257 Å². The summed E-state index contributed by atoms with van der Waals surface area (Å²) in [4.78, 5) is 73.3. The summed E-state index contributed by atoms with van der Waals surface area (Å²) < 4.78 is 0. The zero-order valence-electron chi connectivity index (χ0n) is 82.6. The van der Waals surface area contributed by atoms with Crippen molar-refractivity contribution in [3.05, 3.63) is 179 Å². The minimum atomic E-state index is 0.595. The maximum absolute atomic E-state index is 4.45. The zero-order valence-corrected chi connectivity index (χ0v) is 83.5. The molecule has 1 saturated carbocycles. The van der Waals surface area contributed by atoms with E-state index in [1.807, 2.05) is 95.7 Å². The van der Waals surface area contributed by atoms with E-state index >= 15 is 0 Å². The number of anilines is 8. The average molecular weight is 1770 g/mol. The van der Waals surface area contributed by atoms with Gasteiger partial charge in [0.1, 0.15) is 23.3 Å². The van der Waals surface area contributed by atoms with Crippen molar-refractivity contribution >= 4 is 56.7 Å². The third-order valence-electron chi connectivity index (χ3n) is 26.8. The Hall–Kier alpha value is -8.24. The maximum Gasteiger partial charge on any atom is 0.147 e. The molecule has 13 heterocycles. The van der Waals surface area contributed by atoms with Crippen LogP contribution in [0.3, 0.4) is 0 Å². The molecular weight excluding hydrogens is 1610 g/mol. The van der Waals surface area contributed by atoms with Gasteiger partial charge in [-0.25, -0.2) is 19.9 Å². The first kappa shape index (κ1) is 102. The van der Waals surface area contributed by atoms with Gasteiger partial charge in [0.2, 0.25) is 0 Å². The highest BCUT2D eigenvalue weighted by molar-refractivity contribution is 7.16. The first-order valence-corrected chi connectivity index (χ1v) is 49.9. The van der Waals surface area contributed by atoms with Crippen LogP contribution in [0.1, 0.15) is 164 Å². The first-order valence-electron chi connectivity index (χ1n) is 49.1. The molecule has 3 aromatic carbocycles. The van der Waals surface area contributed by atoms with Crippen molar-refractivity contribution in [2.24, 2.45) is 0 Å². The zero-order chi connectivity index (χ0) is 91.3. The lowest BCUT2D eigenvalue weighted by Crippen LogP contribution is -2.37. The van der Waals surface area contributed by atoms with Gasteiger partial charge in [-0.2, -0.15) is 0 Å². The minimum Gasteiger partial charge on any atom is -0.370 e. The second-order valence-corrected chi connectivity index (χ2v) is 38.5. The minimum absolute atomic E-state index is 0.595. The molecule has 8 aliphatic heterocycles. The van der Waals surface area contributed by atoms with E-state index in [4.69, 9.17) is 0 Å². The molecule has 24 nitrogen and oxygen atoms in total. The van der Waals surface area contributed by atoms with Crippen LogP contribution in [-0.4, -0.2) is 328 Å². The Balaban J connectivity index is 0.000000152. The number of likely N-dealkylation sites (N-methyl/N-ethyl adjacent to an activating group) is 5. The van der Waals surface area contributed by atoms with Crippen LogP contribution in [0, 0.1) is 55.4 Å². The van der Waals surface area contributed by atoms with Gasteiger partial charge in [-0.1, -0.05) is 80.8 Å². The fraction of sp³-hybridized carbons (Fsp3) is 0.631. The Labute approximate surface area is 778 Å². The fourth-order valence-corrected chi connectivity index (χ4v) is 19.0. The summed E-state index contributed by atoms with van der Waals surface area (Å²) in [6, 6.07) is 35.5. The lowest BCUT2D eigenvalue weighted by molar-refractivity contribution is 0.232. The summed E-state index contributed by atoms with van der Waals surface area (Å²) in [6.07, 6.45) is 27.7.